The summed E-state index contributed by atoms with van der Waals surface area (Å²) in [5.41, 5.74) is 0.914. The average Bonchev–Trinajstić information content (AvgIpc) is 2.91. The van der Waals surface area contributed by atoms with Crippen LogP contribution in [0.1, 0.15) is 5.56 Å². The van der Waals surface area contributed by atoms with Crippen LogP contribution in [0.3, 0.4) is 0 Å². The van der Waals surface area contributed by atoms with Gasteiger partial charge in [0.15, 0.2) is 16.1 Å². The van der Waals surface area contributed by atoms with E-state index in [1.165, 1.54) is 26.4 Å². The average molecular weight is 394 g/mol. The molecule has 2 rings (SSSR count). The van der Waals surface area contributed by atoms with Crippen LogP contribution in [0.25, 0.3) is 0 Å². The summed E-state index contributed by atoms with van der Waals surface area (Å²) in [6, 6.07) is 6.35. The fourth-order valence-electron chi connectivity index (χ4n) is 2.71. The molecule has 1 heterocycles. The maximum atomic E-state index is 13.1. The highest BCUT2D eigenvalue weighted by molar-refractivity contribution is 7.92. The molecule has 1 fully saturated rings. The molecule has 0 aromatic heterocycles. The molecule has 1 saturated heterocycles. The summed E-state index contributed by atoms with van der Waals surface area (Å²) in [6.45, 7) is 1.39. The molecule has 0 spiro atoms. The zero-order valence-corrected chi connectivity index (χ0v) is 16.0. The standard InChI is InChI=1S/C15H22O8S2/c1-10-5-7-11(8-6-10)25(18,19)14-12(9-22-24(4,16)17)23-15(21-3)13(14)20-2/h5-8,12-15H,9H2,1-4H3/t12-,13-,14+,15-/m1/s1. The Morgan fingerprint density at radius 3 is 2.12 bits per heavy atom. The summed E-state index contributed by atoms with van der Waals surface area (Å²) in [5, 5.41) is -1.17. The van der Waals surface area contributed by atoms with Crippen LogP contribution in [0.15, 0.2) is 29.2 Å². The molecule has 0 amide bonds. The number of hydrogen-bond donors (Lipinski definition) is 0. The van der Waals surface area contributed by atoms with E-state index in [2.05, 4.69) is 0 Å². The Hall–Kier alpha value is -1.04. The minimum Gasteiger partial charge on any atom is -0.375 e. The van der Waals surface area contributed by atoms with Gasteiger partial charge < -0.3 is 14.2 Å². The van der Waals surface area contributed by atoms with E-state index in [9.17, 15) is 16.8 Å². The molecule has 4 atom stereocenters. The molecule has 0 unspecified atom stereocenters. The van der Waals surface area contributed by atoms with Gasteiger partial charge in [0.05, 0.1) is 17.8 Å². The second kappa shape index (κ2) is 7.68. The molecule has 1 aromatic rings. The number of sulfone groups is 1. The summed E-state index contributed by atoms with van der Waals surface area (Å²) in [5.74, 6) is 0. The topological polar surface area (TPSA) is 105 Å². The molecule has 0 saturated carbocycles. The van der Waals surface area contributed by atoms with E-state index in [1.807, 2.05) is 6.92 Å². The zero-order valence-electron chi connectivity index (χ0n) is 14.4. The molecule has 8 nitrogen and oxygen atoms in total. The van der Waals surface area contributed by atoms with Crippen molar-refractivity contribution in [1.29, 1.82) is 0 Å². The lowest BCUT2D eigenvalue weighted by molar-refractivity contribution is -0.157. The third-order valence-corrected chi connectivity index (χ3v) is 6.71. The van der Waals surface area contributed by atoms with Crippen LogP contribution < -0.4 is 0 Å². The van der Waals surface area contributed by atoms with Gasteiger partial charge >= 0.3 is 0 Å². The van der Waals surface area contributed by atoms with Crippen molar-refractivity contribution >= 4 is 20.0 Å². The van der Waals surface area contributed by atoms with Crippen LogP contribution in [0.4, 0.5) is 0 Å². The van der Waals surface area contributed by atoms with Crippen LogP contribution in [0.5, 0.6) is 0 Å². The first-order chi connectivity index (χ1) is 11.6. The minimum atomic E-state index is -3.88. The van der Waals surface area contributed by atoms with Crippen molar-refractivity contribution in [2.45, 2.75) is 35.6 Å². The first-order valence-electron chi connectivity index (χ1n) is 7.46. The van der Waals surface area contributed by atoms with Crippen molar-refractivity contribution in [3.05, 3.63) is 29.8 Å². The molecule has 25 heavy (non-hydrogen) atoms. The zero-order chi connectivity index (χ0) is 18.8. The van der Waals surface area contributed by atoms with Crippen LogP contribution in [0.2, 0.25) is 0 Å². The van der Waals surface area contributed by atoms with Crippen molar-refractivity contribution < 1.29 is 35.2 Å². The fraction of sp³-hybridized carbons (Fsp3) is 0.600. The molecule has 142 valence electrons. The van der Waals surface area contributed by atoms with Gasteiger partial charge in [-0.05, 0) is 19.1 Å². The predicted octanol–water partition coefficient (Wildman–Crippen LogP) is 0.500. The van der Waals surface area contributed by atoms with E-state index in [0.29, 0.717) is 0 Å². The molecule has 0 aliphatic carbocycles. The smallest absolute Gasteiger partial charge is 0.264 e. The van der Waals surface area contributed by atoms with Crippen molar-refractivity contribution in [2.75, 3.05) is 27.1 Å². The Labute approximate surface area is 148 Å². The number of aryl methyl sites for hydroxylation is 1. The molecular weight excluding hydrogens is 372 g/mol. The Morgan fingerprint density at radius 1 is 1.04 bits per heavy atom. The molecule has 0 bridgehead atoms. The first-order valence-corrected chi connectivity index (χ1v) is 10.8. The highest BCUT2D eigenvalue weighted by atomic mass is 32.2. The van der Waals surface area contributed by atoms with E-state index < -0.39 is 50.3 Å². The van der Waals surface area contributed by atoms with Gasteiger partial charge in [0.25, 0.3) is 10.1 Å². The lowest BCUT2D eigenvalue weighted by Crippen LogP contribution is -2.43. The van der Waals surface area contributed by atoms with Crippen LogP contribution in [0, 0.1) is 6.92 Å². The number of hydrogen-bond acceptors (Lipinski definition) is 8. The molecule has 0 radical (unpaired) electrons. The van der Waals surface area contributed by atoms with E-state index in [-0.39, 0.29) is 4.90 Å². The lowest BCUT2D eigenvalue weighted by atomic mass is 10.2. The highest BCUT2D eigenvalue weighted by Gasteiger charge is 2.53. The molecular formula is C15H22O8S2. The summed E-state index contributed by atoms with van der Waals surface area (Å²) in [4.78, 5) is 0.0925. The predicted molar refractivity (Wildman–Crippen MR) is 89.4 cm³/mol. The van der Waals surface area contributed by atoms with Crippen LogP contribution >= 0.6 is 0 Å². The maximum Gasteiger partial charge on any atom is 0.264 e. The minimum absolute atomic E-state index is 0.0925. The summed E-state index contributed by atoms with van der Waals surface area (Å²) < 4.78 is 69.4. The van der Waals surface area contributed by atoms with Crippen LogP contribution in [-0.2, 0) is 38.3 Å². The number of benzene rings is 1. The number of ether oxygens (including phenoxy) is 3. The van der Waals surface area contributed by atoms with E-state index in [0.717, 1.165) is 11.8 Å². The van der Waals surface area contributed by atoms with Gasteiger partial charge in [0, 0.05) is 14.2 Å². The third kappa shape index (κ3) is 4.57. The van der Waals surface area contributed by atoms with E-state index in [1.54, 1.807) is 12.1 Å². The van der Waals surface area contributed by atoms with Gasteiger partial charge in [0.2, 0.25) is 0 Å². The third-order valence-electron chi connectivity index (χ3n) is 3.93. The van der Waals surface area contributed by atoms with E-state index in [4.69, 9.17) is 18.4 Å². The van der Waals surface area contributed by atoms with Gasteiger partial charge in [-0.25, -0.2) is 8.42 Å². The van der Waals surface area contributed by atoms with Crippen molar-refractivity contribution in [3.8, 4) is 0 Å². The number of methoxy groups -OCH3 is 2. The second-order valence-corrected chi connectivity index (χ2v) is 9.54. The van der Waals surface area contributed by atoms with Gasteiger partial charge in [-0.2, -0.15) is 8.42 Å². The van der Waals surface area contributed by atoms with Crippen molar-refractivity contribution in [3.63, 3.8) is 0 Å². The highest BCUT2D eigenvalue weighted by Crippen LogP contribution is 2.33. The molecule has 1 aromatic carbocycles. The summed E-state index contributed by atoms with van der Waals surface area (Å²) >= 11 is 0. The molecule has 10 heteroatoms. The second-order valence-electron chi connectivity index (χ2n) is 5.79. The molecule has 1 aliphatic heterocycles. The summed E-state index contributed by atoms with van der Waals surface area (Å²) in [6.07, 6.45) is -2.06. The first kappa shape index (κ1) is 20.3. The van der Waals surface area contributed by atoms with Gasteiger partial charge in [-0.1, -0.05) is 17.7 Å². The quantitative estimate of drug-likeness (QED) is 0.616. The van der Waals surface area contributed by atoms with Crippen LogP contribution in [-0.4, -0.2) is 67.7 Å². The fourth-order valence-corrected chi connectivity index (χ4v) is 5.06. The number of rotatable bonds is 7. The van der Waals surface area contributed by atoms with Gasteiger partial charge in [-0.3, -0.25) is 4.18 Å². The Morgan fingerprint density at radius 2 is 1.64 bits per heavy atom. The van der Waals surface area contributed by atoms with E-state index >= 15 is 0 Å². The van der Waals surface area contributed by atoms with Gasteiger partial charge in [-0.15, -0.1) is 0 Å². The molecule has 0 N–H and O–H groups in total. The molecule has 1 aliphatic rings. The monoisotopic (exact) mass is 394 g/mol. The van der Waals surface area contributed by atoms with Gasteiger partial charge in [0.1, 0.15) is 17.5 Å². The Kier molecular flexibility index (Phi) is 6.23. The SMILES string of the molecule is CO[C@@H]1O[C@H](COS(C)(=O)=O)[C@H](S(=O)(=O)c2ccc(C)cc2)[C@H]1OC. The lowest BCUT2D eigenvalue weighted by Gasteiger charge is -2.22. The Balaban J connectivity index is 2.40. The maximum absolute atomic E-state index is 13.1. The normalized spacial score (nSPS) is 27.5. The van der Waals surface area contributed by atoms with Crippen molar-refractivity contribution in [2.24, 2.45) is 0 Å². The van der Waals surface area contributed by atoms with Crippen molar-refractivity contribution in [1.82, 2.24) is 0 Å². The Bertz CT molecular complexity index is 785. The summed E-state index contributed by atoms with van der Waals surface area (Å²) in [7, 11) is -4.94. The largest absolute Gasteiger partial charge is 0.375 e.